The van der Waals surface area contributed by atoms with Crippen LogP contribution < -0.4 is 11.3 Å². The van der Waals surface area contributed by atoms with E-state index in [1.54, 1.807) is 11.3 Å². The minimum absolute atomic E-state index is 0.345. The van der Waals surface area contributed by atoms with Gasteiger partial charge in [0.2, 0.25) is 0 Å². The van der Waals surface area contributed by atoms with Crippen molar-refractivity contribution >= 4 is 11.3 Å². The number of thiophene rings is 1. The van der Waals surface area contributed by atoms with Crippen LogP contribution in [0.5, 0.6) is 0 Å². The second-order valence-electron chi connectivity index (χ2n) is 4.24. The van der Waals surface area contributed by atoms with E-state index < -0.39 is 0 Å². The van der Waals surface area contributed by atoms with Gasteiger partial charge in [-0.25, -0.2) is 0 Å². The molecular formula is C10H16N2S. The Morgan fingerprint density at radius 1 is 1.62 bits per heavy atom. The second kappa shape index (κ2) is 3.08. The van der Waals surface area contributed by atoms with Crippen molar-refractivity contribution in [3.63, 3.8) is 0 Å². The predicted molar refractivity (Wildman–Crippen MR) is 56.5 cm³/mol. The van der Waals surface area contributed by atoms with Crippen molar-refractivity contribution in [3.8, 4) is 0 Å². The van der Waals surface area contributed by atoms with E-state index in [1.165, 1.54) is 23.3 Å². The molecule has 1 aromatic heterocycles. The molecule has 72 valence electrons. The van der Waals surface area contributed by atoms with E-state index in [0.717, 1.165) is 0 Å². The third kappa shape index (κ3) is 1.64. The summed E-state index contributed by atoms with van der Waals surface area (Å²) in [5.74, 6) is 5.59. The van der Waals surface area contributed by atoms with E-state index in [0.29, 0.717) is 11.5 Å². The van der Waals surface area contributed by atoms with Gasteiger partial charge in [0.1, 0.15) is 0 Å². The number of aryl methyl sites for hydroxylation is 1. The zero-order chi connectivity index (χ0) is 9.47. The summed E-state index contributed by atoms with van der Waals surface area (Å²) >= 11 is 1.80. The first-order valence-corrected chi connectivity index (χ1v) is 5.55. The third-order valence-corrected chi connectivity index (χ3v) is 3.87. The number of nitrogens with one attached hydrogen (secondary N) is 1. The molecule has 0 aliphatic heterocycles. The van der Waals surface area contributed by atoms with E-state index in [4.69, 9.17) is 5.84 Å². The molecule has 1 aliphatic carbocycles. The lowest BCUT2D eigenvalue weighted by molar-refractivity contribution is 0.373. The monoisotopic (exact) mass is 196 g/mol. The number of hydrazine groups is 1. The average Bonchev–Trinajstić information content (AvgIpc) is 2.67. The molecule has 0 bridgehead atoms. The van der Waals surface area contributed by atoms with Crippen LogP contribution in [-0.4, -0.2) is 0 Å². The van der Waals surface area contributed by atoms with Crippen molar-refractivity contribution in [2.24, 2.45) is 11.3 Å². The Kier molecular flexibility index (Phi) is 2.18. The van der Waals surface area contributed by atoms with E-state index in [-0.39, 0.29) is 0 Å². The van der Waals surface area contributed by atoms with Gasteiger partial charge in [0.15, 0.2) is 0 Å². The number of rotatable bonds is 3. The fourth-order valence-electron chi connectivity index (χ4n) is 1.80. The molecule has 1 atom stereocenters. The van der Waals surface area contributed by atoms with Crippen LogP contribution in [0.3, 0.4) is 0 Å². The highest BCUT2D eigenvalue weighted by molar-refractivity contribution is 7.10. The van der Waals surface area contributed by atoms with E-state index in [1.807, 2.05) is 0 Å². The maximum atomic E-state index is 5.59. The lowest BCUT2D eigenvalue weighted by atomic mass is 9.94. The fraction of sp³-hybridized carbons (Fsp3) is 0.600. The van der Waals surface area contributed by atoms with Gasteiger partial charge in [-0.15, -0.1) is 11.3 Å². The Hall–Kier alpha value is -0.380. The summed E-state index contributed by atoms with van der Waals surface area (Å²) in [4.78, 5) is 1.36. The standard InChI is InChI=1S/C10H16N2S/c1-7-5-8(6-13-7)9(12-11)10(2)3-4-10/h5-6,9,12H,3-4,11H2,1-2H3. The zero-order valence-corrected chi connectivity index (χ0v) is 8.95. The van der Waals surface area contributed by atoms with Crippen LogP contribution >= 0.6 is 11.3 Å². The first kappa shape index (κ1) is 9.19. The summed E-state index contributed by atoms with van der Waals surface area (Å²) in [6, 6.07) is 2.58. The van der Waals surface area contributed by atoms with Gasteiger partial charge in [-0.05, 0) is 42.2 Å². The topological polar surface area (TPSA) is 38.0 Å². The van der Waals surface area contributed by atoms with Gasteiger partial charge < -0.3 is 0 Å². The van der Waals surface area contributed by atoms with Crippen LogP contribution in [0.15, 0.2) is 11.4 Å². The molecule has 0 aromatic carbocycles. The molecule has 3 N–H and O–H groups in total. The summed E-state index contributed by atoms with van der Waals surface area (Å²) in [5, 5.41) is 2.21. The van der Waals surface area contributed by atoms with Crippen molar-refractivity contribution in [1.82, 2.24) is 5.43 Å². The van der Waals surface area contributed by atoms with Crippen LogP contribution in [0.4, 0.5) is 0 Å². The summed E-state index contributed by atoms with van der Waals surface area (Å²) in [5.41, 5.74) is 4.70. The highest BCUT2D eigenvalue weighted by atomic mass is 32.1. The smallest absolute Gasteiger partial charge is 0.0521 e. The van der Waals surface area contributed by atoms with Gasteiger partial charge in [-0.1, -0.05) is 6.92 Å². The van der Waals surface area contributed by atoms with Crippen molar-refractivity contribution < 1.29 is 0 Å². The molecule has 3 heteroatoms. The van der Waals surface area contributed by atoms with Gasteiger partial charge >= 0.3 is 0 Å². The van der Waals surface area contributed by atoms with Crippen molar-refractivity contribution in [2.75, 3.05) is 0 Å². The highest BCUT2D eigenvalue weighted by Crippen LogP contribution is 2.54. The number of hydrogen-bond donors (Lipinski definition) is 2. The van der Waals surface area contributed by atoms with Gasteiger partial charge in [-0.3, -0.25) is 11.3 Å². The molecule has 1 unspecified atom stereocenters. The van der Waals surface area contributed by atoms with E-state index in [9.17, 15) is 0 Å². The molecule has 0 spiro atoms. The van der Waals surface area contributed by atoms with Gasteiger partial charge in [0.05, 0.1) is 6.04 Å². The summed E-state index contributed by atoms with van der Waals surface area (Å²) < 4.78 is 0. The molecule has 0 amide bonds. The Bertz CT molecular complexity index is 302. The maximum Gasteiger partial charge on any atom is 0.0521 e. The lowest BCUT2D eigenvalue weighted by Crippen LogP contribution is -2.33. The van der Waals surface area contributed by atoms with Crippen molar-refractivity contribution in [2.45, 2.75) is 32.7 Å². The van der Waals surface area contributed by atoms with Crippen LogP contribution in [0, 0.1) is 12.3 Å². The Balaban J connectivity index is 2.22. The number of hydrogen-bond acceptors (Lipinski definition) is 3. The van der Waals surface area contributed by atoms with E-state index >= 15 is 0 Å². The molecule has 0 radical (unpaired) electrons. The van der Waals surface area contributed by atoms with Crippen molar-refractivity contribution in [1.29, 1.82) is 0 Å². The molecule has 1 aromatic rings. The Morgan fingerprint density at radius 2 is 2.31 bits per heavy atom. The summed E-state index contributed by atoms with van der Waals surface area (Å²) in [6.07, 6.45) is 2.58. The normalized spacial score (nSPS) is 21.5. The quantitative estimate of drug-likeness (QED) is 0.575. The lowest BCUT2D eigenvalue weighted by Gasteiger charge is -2.21. The predicted octanol–water partition coefficient (Wildman–Crippen LogP) is 2.36. The van der Waals surface area contributed by atoms with Crippen LogP contribution in [0.25, 0.3) is 0 Å². The molecule has 1 heterocycles. The zero-order valence-electron chi connectivity index (χ0n) is 8.13. The molecule has 0 saturated heterocycles. The Labute approximate surface area is 83.1 Å². The first-order valence-electron chi connectivity index (χ1n) is 4.67. The Morgan fingerprint density at radius 3 is 2.69 bits per heavy atom. The first-order chi connectivity index (χ1) is 6.15. The van der Waals surface area contributed by atoms with Gasteiger partial charge in [0.25, 0.3) is 0 Å². The number of nitrogens with two attached hydrogens (primary N) is 1. The highest BCUT2D eigenvalue weighted by Gasteiger charge is 2.45. The maximum absolute atomic E-state index is 5.59. The van der Waals surface area contributed by atoms with E-state index in [2.05, 4.69) is 30.7 Å². The minimum atomic E-state index is 0.345. The van der Waals surface area contributed by atoms with Crippen LogP contribution in [0.2, 0.25) is 0 Å². The molecular weight excluding hydrogens is 180 g/mol. The SMILES string of the molecule is Cc1cc(C(NN)C2(C)CC2)cs1. The second-order valence-corrected chi connectivity index (χ2v) is 5.36. The molecule has 1 saturated carbocycles. The van der Waals surface area contributed by atoms with Crippen LogP contribution in [-0.2, 0) is 0 Å². The van der Waals surface area contributed by atoms with Gasteiger partial charge in [-0.2, -0.15) is 0 Å². The molecule has 2 rings (SSSR count). The summed E-state index contributed by atoms with van der Waals surface area (Å²) in [7, 11) is 0. The fourth-order valence-corrected chi connectivity index (χ4v) is 2.53. The average molecular weight is 196 g/mol. The largest absolute Gasteiger partial charge is 0.271 e. The minimum Gasteiger partial charge on any atom is -0.271 e. The molecule has 2 nitrogen and oxygen atoms in total. The summed E-state index contributed by atoms with van der Waals surface area (Å²) in [6.45, 7) is 4.43. The van der Waals surface area contributed by atoms with Gasteiger partial charge in [0, 0.05) is 4.88 Å². The third-order valence-electron chi connectivity index (χ3n) is 2.99. The van der Waals surface area contributed by atoms with Crippen molar-refractivity contribution in [3.05, 3.63) is 21.9 Å². The molecule has 1 aliphatic rings. The molecule has 1 fully saturated rings. The molecule has 13 heavy (non-hydrogen) atoms. The van der Waals surface area contributed by atoms with Crippen LogP contribution in [0.1, 0.15) is 36.2 Å².